The minimum absolute atomic E-state index is 0.0310. The predicted molar refractivity (Wildman–Crippen MR) is 113 cm³/mol. The Hall–Kier alpha value is -3.23. The van der Waals surface area contributed by atoms with Crippen LogP contribution in [0.25, 0.3) is 0 Å². The molecule has 0 saturated heterocycles. The summed E-state index contributed by atoms with van der Waals surface area (Å²) >= 11 is 7.32. The molecule has 3 aromatic rings. The van der Waals surface area contributed by atoms with Crippen LogP contribution in [0.3, 0.4) is 0 Å². The van der Waals surface area contributed by atoms with E-state index in [1.54, 1.807) is 42.6 Å². The number of rotatable bonds is 7. The Balaban J connectivity index is 1.78. The van der Waals surface area contributed by atoms with E-state index in [1.807, 2.05) is 18.2 Å². The molecule has 0 aliphatic carbocycles. The Bertz CT molecular complexity index is 1010. The van der Waals surface area contributed by atoms with Crippen molar-refractivity contribution in [2.24, 2.45) is 5.10 Å². The van der Waals surface area contributed by atoms with Crippen molar-refractivity contribution in [3.8, 4) is 5.75 Å². The fraction of sp³-hybridized carbons (Fsp3) is 0. The lowest BCUT2D eigenvalue weighted by atomic mass is 10.2. The number of benzene rings is 3. The Labute approximate surface area is 170 Å². The molecule has 0 heterocycles. The number of halogens is 1. The Morgan fingerprint density at radius 2 is 1.82 bits per heavy atom. The van der Waals surface area contributed by atoms with Crippen molar-refractivity contribution in [1.82, 2.24) is 0 Å². The number of para-hydroxylation sites is 1. The van der Waals surface area contributed by atoms with Gasteiger partial charge in [-0.2, -0.15) is 5.10 Å². The molecule has 0 amide bonds. The van der Waals surface area contributed by atoms with Crippen LogP contribution in [0.2, 0.25) is 5.02 Å². The van der Waals surface area contributed by atoms with Crippen LogP contribution in [0.15, 0.2) is 76.7 Å². The largest absolute Gasteiger partial charge is 0.508 e. The lowest BCUT2D eigenvalue weighted by Crippen LogP contribution is -1.97. The molecular formula is C19H15ClN4O3S. The van der Waals surface area contributed by atoms with E-state index in [0.29, 0.717) is 21.3 Å². The molecule has 0 bridgehead atoms. The highest BCUT2D eigenvalue weighted by Crippen LogP contribution is 2.33. The number of non-ortho nitro benzene ring substituents is 1. The molecule has 3 N–H and O–H groups in total. The first-order chi connectivity index (χ1) is 13.5. The van der Waals surface area contributed by atoms with Crippen molar-refractivity contribution in [2.45, 2.75) is 4.90 Å². The lowest BCUT2D eigenvalue weighted by Gasteiger charge is -2.11. The maximum Gasteiger partial charge on any atom is 0.270 e. The zero-order valence-corrected chi connectivity index (χ0v) is 15.9. The van der Waals surface area contributed by atoms with Gasteiger partial charge in [-0.15, -0.1) is 0 Å². The van der Waals surface area contributed by atoms with E-state index in [1.165, 1.54) is 24.1 Å². The van der Waals surface area contributed by atoms with E-state index in [0.717, 1.165) is 5.56 Å². The quantitative estimate of drug-likeness (QED) is 0.204. The van der Waals surface area contributed by atoms with Crippen molar-refractivity contribution >= 4 is 46.8 Å². The first-order valence-corrected chi connectivity index (χ1v) is 9.26. The molecule has 0 unspecified atom stereocenters. The van der Waals surface area contributed by atoms with Crippen LogP contribution in [0, 0.1) is 10.1 Å². The first-order valence-electron chi connectivity index (χ1n) is 8.07. The first kappa shape index (κ1) is 19.5. The average Bonchev–Trinajstić information content (AvgIpc) is 2.69. The van der Waals surface area contributed by atoms with E-state index in [4.69, 9.17) is 11.6 Å². The van der Waals surface area contributed by atoms with Gasteiger partial charge in [-0.3, -0.25) is 15.5 Å². The minimum Gasteiger partial charge on any atom is -0.508 e. The Kier molecular flexibility index (Phi) is 6.36. The van der Waals surface area contributed by atoms with Crippen LogP contribution in [-0.4, -0.2) is 16.2 Å². The number of nitrogens with zero attached hydrogens (tertiary/aromatic N) is 2. The molecule has 3 rings (SSSR count). The van der Waals surface area contributed by atoms with Gasteiger partial charge in [0.05, 0.1) is 32.4 Å². The number of hydrogen-bond donors (Lipinski definition) is 3. The van der Waals surface area contributed by atoms with E-state index < -0.39 is 4.92 Å². The van der Waals surface area contributed by atoms with Gasteiger partial charge in [0.15, 0.2) is 0 Å². The number of hydrazone groups is 1. The zero-order chi connectivity index (χ0) is 19.9. The fourth-order valence-corrected chi connectivity index (χ4v) is 3.23. The van der Waals surface area contributed by atoms with Crippen molar-refractivity contribution in [2.75, 3.05) is 10.1 Å². The van der Waals surface area contributed by atoms with E-state index in [2.05, 4.69) is 15.2 Å². The third-order valence-corrected chi connectivity index (χ3v) is 4.82. The van der Waals surface area contributed by atoms with Gasteiger partial charge in [-0.05, 0) is 60.0 Å². The van der Waals surface area contributed by atoms with Crippen molar-refractivity contribution < 1.29 is 10.0 Å². The second-order valence-corrected chi connectivity index (χ2v) is 6.84. The monoisotopic (exact) mass is 414 g/mol. The topological polar surface area (TPSA) is 99.8 Å². The van der Waals surface area contributed by atoms with E-state index in [-0.39, 0.29) is 11.4 Å². The summed E-state index contributed by atoms with van der Waals surface area (Å²) in [5.74, 6) is 0.171. The maximum absolute atomic E-state index is 11.1. The standard InChI is InChI=1S/C19H15ClN4O3S/c20-16-3-1-2-4-17(16)23-28-19-11-14(24(26)27)7-10-18(19)22-21-12-13-5-8-15(25)9-6-13/h1-12,22-23,25H/b21-12+. The number of aromatic hydroxyl groups is 1. The number of phenolic OH excluding ortho intramolecular Hbond substituents is 1. The highest BCUT2D eigenvalue weighted by Gasteiger charge is 2.12. The van der Waals surface area contributed by atoms with Crippen LogP contribution >= 0.6 is 23.5 Å². The van der Waals surface area contributed by atoms with Crippen LogP contribution < -0.4 is 10.1 Å². The summed E-state index contributed by atoms with van der Waals surface area (Å²) in [6, 6.07) is 18.2. The zero-order valence-electron chi connectivity index (χ0n) is 14.4. The summed E-state index contributed by atoms with van der Waals surface area (Å²) in [6.07, 6.45) is 1.58. The maximum atomic E-state index is 11.1. The van der Waals surface area contributed by atoms with Gasteiger partial charge in [-0.1, -0.05) is 23.7 Å². The number of nitro groups is 1. The molecule has 0 aromatic heterocycles. The highest BCUT2D eigenvalue weighted by molar-refractivity contribution is 8.00. The van der Waals surface area contributed by atoms with Crippen molar-refractivity contribution in [3.05, 3.63) is 87.4 Å². The molecule has 0 aliphatic rings. The SMILES string of the molecule is O=[N+]([O-])c1ccc(N/N=C/c2ccc(O)cc2)c(SNc2ccccc2Cl)c1. The van der Waals surface area contributed by atoms with Gasteiger partial charge in [0, 0.05) is 12.1 Å². The fourth-order valence-electron chi connectivity index (χ4n) is 2.19. The third kappa shape index (κ3) is 5.15. The Morgan fingerprint density at radius 1 is 1.07 bits per heavy atom. The molecular weight excluding hydrogens is 400 g/mol. The summed E-state index contributed by atoms with van der Waals surface area (Å²) in [5.41, 5.74) is 4.92. The lowest BCUT2D eigenvalue weighted by molar-refractivity contribution is -0.385. The van der Waals surface area contributed by atoms with Gasteiger partial charge >= 0.3 is 0 Å². The number of anilines is 2. The van der Waals surface area contributed by atoms with Gasteiger partial charge < -0.3 is 9.83 Å². The molecule has 0 atom stereocenters. The normalized spacial score (nSPS) is 10.8. The van der Waals surface area contributed by atoms with Crippen LogP contribution in [0.1, 0.15) is 5.56 Å². The number of hydrogen-bond acceptors (Lipinski definition) is 7. The molecule has 142 valence electrons. The molecule has 3 aromatic carbocycles. The molecule has 7 nitrogen and oxygen atoms in total. The molecule has 0 aliphatic heterocycles. The van der Waals surface area contributed by atoms with E-state index in [9.17, 15) is 15.2 Å². The smallest absolute Gasteiger partial charge is 0.270 e. The molecule has 0 spiro atoms. The molecule has 0 fully saturated rings. The molecule has 0 radical (unpaired) electrons. The summed E-state index contributed by atoms with van der Waals surface area (Å²) in [7, 11) is 0. The summed E-state index contributed by atoms with van der Waals surface area (Å²) < 4.78 is 3.09. The number of nitrogens with one attached hydrogen (secondary N) is 2. The van der Waals surface area contributed by atoms with Crippen LogP contribution in [-0.2, 0) is 0 Å². The van der Waals surface area contributed by atoms with Crippen molar-refractivity contribution in [3.63, 3.8) is 0 Å². The summed E-state index contributed by atoms with van der Waals surface area (Å²) in [5, 5.41) is 25.1. The second-order valence-electron chi connectivity index (χ2n) is 5.58. The highest BCUT2D eigenvalue weighted by atomic mass is 35.5. The van der Waals surface area contributed by atoms with Gasteiger partial charge in [0.1, 0.15) is 5.75 Å². The molecule has 9 heteroatoms. The minimum atomic E-state index is -0.455. The third-order valence-electron chi connectivity index (χ3n) is 3.61. The number of nitro benzene ring substituents is 1. The average molecular weight is 415 g/mol. The predicted octanol–water partition coefficient (Wildman–Crippen LogP) is 5.52. The van der Waals surface area contributed by atoms with Gasteiger partial charge in [-0.25, -0.2) is 0 Å². The summed E-state index contributed by atoms with van der Waals surface area (Å²) in [4.78, 5) is 11.2. The summed E-state index contributed by atoms with van der Waals surface area (Å²) in [6.45, 7) is 0. The van der Waals surface area contributed by atoms with E-state index >= 15 is 0 Å². The van der Waals surface area contributed by atoms with Crippen molar-refractivity contribution in [1.29, 1.82) is 0 Å². The molecule has 0 saturated carbocycles. The van der Waals surface area contributed by atoms with Crippen LogP contribution in [0.5, 0.6) is 5.75 Å². The van der Waals surface area contributed by atoms with Gasteiger partial charge in [0.2, 0.25) is 0 Å². The molecule has 28 heavy (non-hydrogen) atoms. The number of phenols is 1. The second kappa shape index (κ2) is 9.12. The Morgan fingerprint density at radius 3 is 2.54 bits per heavy atom. The van der Waals surface area contributed by atoms with Gasteiger partial charge in [0.25, 0.3) is 5.69 Å². The van der Waals surface area contributed by atoms with Crippen LogP contribution in [0.4, 0.5) is 17.1 Å².